The van der Waals surface area contributed by atoms with Crippen molar-refractivity contribution in [1.29, 1.82) is 0 Å². The Labute approximate surface area is 90.0 Å². The topological polar surface area (TPSA) is 69.4 Å². The summed E-state index contributed by atoms with van der Waals surface area (Å²) in [5.41, 5.74) is 6.04. The van der Waals surface area contributed by atoms with Crippen LogP contribution in [0.1, 0.15) is 13.3 Å². The van der Waals surface area contributed by atoms with E-state index in [0.717, 1.165) is 0 Å². The van der Waals surface area contributed by atoms with E-state index in [-0.39, 0.29) is 10.6 Å². The van der Waals surface area contributed by atoms with Gasteiger partial charge < -0.3 is 10.5 Å². The number of ether oxygens (including phenoxy) is 1. The quantitative estimate of drug-likeness (QED) is 0.793. The molecule has 0 saturated carbocycles. The van der Waals surface area contributed by atoms with Crippen LogP contribution in [0.2, 0.25) is 0 Å². The number of hydrogen-bond acceptors (Lipinski definition) is 4. The van der Waals surface area contributed by atoms with Gasteiger partial charge in [0.2, 0.25) is 0 Å². The maximum absolute atomic E-state index is 11.7. The van der Waals surface area contributed by atoms with Crippen LogP contribution < -0.4 is 10.5 Å². The van der Waals surface area contributed by atoms with Crippen LogP contribution in [0.3, 0.4) is 0 Å². The highest BCUT2D eigenvalue weighted by atomic mass is 32.2. The first kappa shape index (κ1) is 11.8. The van der Waals surface area contributed by atoms with Gasteiger partial charge in [0.25, 0.3) is 0 Å². The van der Waals surface area contributed by atoms with Gasteiger partial charge in [-0.1, -0.05) is 6.92 Å². The molecule has 0 aliphatic heterocycles. The zero-order valence-corrected chi connectivity index (χ0v) is 9.67. The van der Waals surface area contributed by atoms with Crippen molar-refractivity contribution in [2.45, 2.75) is 18.2 Å². The number of nitrogen functional groups attached to an aromatic ring is 1. The van der Waals surface area contributed by atoms with Gasteiger partial charge in [0, 0.05) is 6.07 Å². The zero-order valence-electron chi connectivity index (χ0n) is 8.86. The Balaban J connectivity index is 3.17. The molecule has 0 unspecified atom stereocenters. The normalized spacial score (nSPS) is 11.3. The highest BCUT2D eigenvalue weighted by Crippen LogP contribution is 2.25. The number of methoxy groups -OCH3 is 1. The molecular formula is C10H15NO3S. The first-order valence-corrected chi connectivity index (χ1v) is 6.32. The summed E-state index contributed by atoms with van der Waals surface area (Å²) in [5.74, 6) is 0.534. The molecule has 15 heavy (non-hydrogen) atoms. The summed E-state index contributed by atoms with van der Waals surface area (Å²) in [6.07, 6.45) is 0.592. The molecule has 0 atom stereocenters. The van der Waals surface area contributed by atoms with Crippen LogP contribution in [0.15, 0.2) is 23.1 Å². The number of benzene rings is 1. The summed E-state index contributed by atoms with van der Waals surface area (Å²) in [6, 6.07) is 4.50. The molecule has 0 radical (unpaired) electrons. The van der Waals surface area contributed by atoms with Crippen LogP contribution in [0, 0.1) is 0 Å². The fraction of sp³-hybridized carbons (Fsp3) is 0.400. The molecule has 1 aromatic carbocycles. The Bertz CT molecular complexity index is 440. The van der Waals surface area contributed by atoms with Crippen molar-refractivity contribution < 1.29 is 13.2 Å². The molecule has 0 saturated heterocycles. The standard InChI is InChI=1S/C10H15NO3S/c1-3-6-15(12,13)8-4-5-9(11)10(7-8)14-2/h4-5,7H,3,6,11H2,1-2H3. The van der Waals surface area contributed by atoms with Crippen LogP contribution in [-0.2, 0) is 9.84 Å². The van der Waals surface area contributed by atoms with Crippen LogP contribution in [-0.4, -0.2) is 21.3 Å². The summed E-state index contributed by atoms with van der Waals surface area (Å²) in [5, 5.41) is 0. The maximum Gasteiger partial charge on any atom is 0.178 e. The lowest BCUT2D eigenvalue weighted by atomic mass is 10.3. The largest absolute Gasteiger partial charge is 0.495 e. The Kier molecular flexibility index (Phi) is 3.57. The molecule has 1 aromatic rings. The van der Waals surface area contributed by atoms with Crippen molar-refractivity contribution in [3.8, 4) is 5.75 Å². The van der Waals surface area contributed by atoms with Crippen molar-refractivity contribution in [2.24, 2.45) is 0 Å². The fourth-order valence-corrected chi connectivity index (χ4v) is 2.61. The summed E-state index contributed by atoms with van der Waals surface area (Å²) in [7, 11) is -1.74. The Morgan fingerprint density at radius 2 is 2.07 bits per heavy atom. The molecule has 4 nitrogen and oxygen atoms in total. The SMILES string of the molecule is CCCS(=O)(=O)c1ccc(N)c(OC)c1. The second-order valence-electron chi connectivity index (χ2n) is 3.22. The molecule has 0 aliphatic carbocycles. The second-order valence-corrected chi connectivity index (χ2v) is 5.33. The van der Waals surface area contributed by atoms with Crippen molar-refractivity contribution >= 4 is 15.5 Å². The molecule has 0 heterocycles. The average Bonchev–Trinajstić information content (AvgIpc) is 2.18. The molecule has 1 rings (SSSR count). The highest BCUT2D eigenvalue weighted by Gasteiger charge is 2.14. The minimum Gasteiger partial charge on any atom is -0.495 e. The monoisotopic (exact) mass is 229 g/mol. The Hall–Kier alpha value is -1.23. The third kappa shape index (κ3) is 2.62. The predicted molar refractivity (Wildman–Crippen MR) is 59.8 cm³/mol. The van der Waals surface area contributed by atoms with E-state index in [4.69, 9.17) is 10.5 Å². The lowest BCUT2D eigenvalue weighted by Crippen LogP contribution is -2.06. The van der Waals surface area contributed by atoms with E-state index in [0.29, 0.717) is 17.9 Å². The van der Waals surface area contributed by atoms with Gasteiger partial charge in [0.1, 0.15) is 5.75 Å². The minimum absolute atomic E-state index is 0.139. The van der Waals surface area contributed by atoms with E-state index in [2.05, 4.69) is 0 Å². The minimum atomic E-state index is -3.20. The molecular weight excluding hydrogens is 214 g/mol. The zero-order chi connectivity index (χ0) is 11.5. The number of rotatable bonds is 4. The third-order valence-corrected chi connectivity index (χ3v) is 3.95. The van der Waals surface area contributed by atoms with Crippen LogP contribution in [0.25, 0.3) is 0 Å². The van der Waals surface area contributed by atoms with Gasteiger partial charge in [-0.15, -0.1) is 0 Å². The van der Waals surface area contributed by atoms with Gasteiger partial charge in [0.05, 0.1) is 23.4 Å². The molecule has 0 aromatic heterocycles. The van der Waals surface area contributed by atoms with E-state index < -0.39 is 9.84 Å². The number of hydrogen-bond donors (Lipinski definition) is 1. The molecule has 84 valence electrons. The lowest BCUT2D eigenvalue weighted by Gasteiger charge is -2.07. The van der Waals surface area contributed by atoms with Crippen molar-refractivity contribution in [3.05, 3.63) is 18.2 Å². The van der Waals surface area contributed by atoms with Crippen molar-refractivity contribution in [2.75, 3.05) is 18.6 Å². The fourth-order valence-electron chi connectivity index (χ4n) is 1.27. The van der Waals surface area contributed by atoms with Gasteiger partial charge in [-0.3, -0.25) is 0 Å². The molecule has 0 aliphatic rings. The molecule has 0 amide bonds. The number of nitrogens with two attached hydrogens (primary N) is 1. The van der Waals surface area contributed by atoms with Gasteiger partial charge in [-0.05, 0) is 18.6 Å². The first-order chi connectivity index (χ1) is 7.01. The van der Waals surface area contributed by atoms with E-state index in [9.17, 15) is 8.42 Å². The number of anilines is 1. The van der Waals surface area contributed by atoms with Crippen molar-refractivity contribution in [1.82, 2.24) is 0 Å². The Morgan fingerprint density at radius 3 is 2.60 bits per heavy atom. The first-order valence-electron chi connectivity index (χ1n) is 4.67. The maximum atomic E-state index is 11.7. The van der Waals surface area contributed by atoms with Crippen LogP contribution >= 0.6 is 0 Å². The molecule has 5 heteroatoms. The molecule has 0 fully saturated rings. The lowest BCUT2D eigenvalue weighted by molar-refractivity contribution is 0.415. The van der Waals surface area contributed by atoms with E-state index >= 15 is 0 Å². The second kappa shape index (κ2) is 4.53. The van der Waals surface area contributed by atoms with E-state index in [1.54, 1.807) is 6.07 Å². The smallest absolute Gasteiger partial charge is 0.178 e. The van der Waals surface area contributed by atoms with Crippen LogP contribution in [0.4, 0.5) is 5.69 Å². The van der Waals surface area contributed by atoms with Gasteiger partial charge in [-0.25, -0.2) is 8.42 Å². The summed E-state index contributed by atoms with van der Waals surface area (Å²) < 4.78 is 28.4. The number of sulfone groups is 1. The average molecular weight is 229 g/mol. The van der Waals surface area contributed by atoms with Crippen LogP contribution in [0.5, 0.6) is 5.75 Å². The molecule has 0 spiro atoms. The molecule has 2 N–H and O–H groups in total. The predicted octanol–water partition coefficient (Wildman–Crippen LogP) is 1.46. The van der Waals surface area contributed by atoms with Crippen molar-refractivity contribution in [3.63, 3.8) is 0 Å². The van der Waals surface area contributed by atoms with Gasteiger partial charge in [0.15, 0.2) is 9.84 Å². The van der Waals surface area contributed by atoms with E-state index in [1.807, 2.05) is 6.92 Å². The van der Waals surface area contributed by atoms with Gasteiger partial charge >= 0.3 is 0 Å². The summed E-state index contributed by atoms with van der Waals surface area (Å²) >= 11 is 0. The third-order valence-electron chi connectivity index (χ3n) is 2.04. The molecule has 0 bridgehead atoms. The summed E-state index contributed by atoms with van der Waals surface area (Å²) in [6.45, 7) is 1.83. The van der Waals surface area contributed by atoms with Gasteiger partial charge in [-0.2, -0.15) is 0 Å². The highest BCUT2D eigenvalue weighted by molar-refractivity contribution is 7.91. The summed E-state index contributed by atoms with van der Waals surface area (Å²) in [4.78, 5) is 0.260. The Morgan fingerprint density at radius 1 is 1.40 bits per heavy atom. The van der Waals surface area contributed by atoms with E-state index in [1.165, 1.54) is 19.2 Å².